The highest BCUT2D eigenvalue weighted by molar-refractivity contribution is 5.91. The van der Waals surface area contributed by atoms with Gasteiger partial charge in [-0.15, -0.1) is 0 Å². The monoisotopic (exact) mass is 539 g/mol. The van der Waals surface area contributed by atoms with Crippen LogP contribution in [0.15, 0.2) is 42.6 Å². The van der Waals surface area contributed by atoms with Gasteiger partial charge in [0, 0.05) is 12.1 Å². The Labute approximate surface area is 225 Å². The van der Waals surface area contributed by atoms with Crippen LogP contribution in [0.25, 0.3) is 17.2 Å². The molecule has 2 heterocycles. The van der Waals surface area contributed by atoms with E-state index in [0.29, 0.717) is 28.6 Å². The average Bonchev–Trinajstić information content (AvgIpc) is 2.90. The van der Waals surface area contributed by atoms with Gasteiger partial charge >= 0.3 is 5.97 Å². The number of hydrogen-bond donors (Lipinski definition) is 2. The first kappa shape index (κ1) is 28.1. The zero-order valence-corrected chi connectivity index (χ0v) is 22.0. The maximum absolute atomic E-state index is 14.9. The number of fused-ring (bicyclic) bond motifs is 1. The number of rotatable bonds is 10. The third kappa shape index (κ3) is 5.76. The van der Waals surface area contributed by atoms with Crippen molar-refractivity contribution in [3.05, 3.63) is 93.2 Å². The van der Waals surface area contributed by atoms with Crippen LogP contribution in [0.5, 0.6) is 0 Å². The first-order valence-electron chi connectivity index (χ1n) is 12.8. The molecule has 1 unspecified atom stereocenters. The summed E-state index contributed by atoms with van der Waals surface area (Å²) in [6, 6.07) is 5.81. The van der Waals surface area contributed by atoms with Gasteiger partial charge in [-0.2, -0.15) is 0 Å². The van der Waals surface area contributed by atoms with Gasteiger partial charge in [0.2, 0.25) is 0 Å². The zero-order valence-electron chi connectivity index (χ0n) is 22.0. The Morgan fingerprint density at radius 1 is 1.10 bits per heavy atom. The molecule has 7 nitrogen and oxygen atoms in total. The predicted molar refractivity (Wildman–Crippen MR) is 145 cm³/mol. The van der Waals surface area contributed by atoms with E-state index in [0.717, 1.165) is 50.5 Å². The van der Waals surface area contributed by atoms with Gasteiger partial charge in [0.25, 0.3) is 0 Å². The van der Waals surface area contributed by atoms with E-state index in [1.165, 1.54) is 25.1 Å². The number of nitrogens with zero attached hydrogens (tertiary/aromatic N) is 3. The predicted octanol–water partition coefficient (Wildman–Crippen LogP) is 6.19. The molecule has 1 aliphatic rings. The van der Waals surface area contributed by atoms with Crippen LogP contribution in [0.3, 0.4) is 0 Å². The van der Waals surface area contributed by atoms with Crippen molar-refractivity contribution in [2.75, 3.05) is 31.5 Å². The molecule has 1 aliphatic heterocycles. The largest absolute Gasteiger partial charge is 0.758 e. The van der Waals surface area contributed by atoms with Crippen molar-refractivity contribution in [3.8, 4) is 11.1 Å². The van der Waals surface area contributed by atoms with Crippen molar-refractivity contribution < 1.29 is 23.1 Å². The van der Waals surface area contributed by atoms with Crippen molar-refractivity contribution in [1.29, 1.82) is 0 Å². The van der Waals surface area contributed by atoms with E-state index in [4.69, 9.17) is 0 Å². The summed E-state index contributed by atoms with van der Waals surface area (Å²) in [6.45, 7) is 8.83. The second-order valence-corrected chi connectivity index (χ2v) is 9.31. The second-order valence-electron chi connectivity index (χ2n) is 9.31. The minimum absolute atomic E-state index is 0.0702. The van der Waals surface area contributed by atoms with E-state index in [-0.39, 0.29) is 22.4 Å². The highest BCUT2D eigenvalue weighted by Crippen LogP contribution is 2.42. The van der Waals surface area contributed by atoms with Crippen LogP contribution in [0.4, 0.5) is 19.0 Å². The summed E-state index contributed by atoms with van der Waals surface area (Å²) >= 11 is 0. The quantitative estimate of drug-likeness (QED) is 0.297. The van der Waals surface area contributed by atoms with Crippen molar-refractivity contribution in [1.82, 2.24) is 14.9 Å². The van der Waals surface area contributed by atoms with Gasteiger partial charge in [-0.3, -0.25) is 0 Å². The molecule has 0 amide bonds. The highest BCUT2D eigenvalue weighted by atomic mass is 19.1. The van der Waals surface area contributed by atoms with Gasteiger partial charge in [-0.05, 0) is 92.3 Å². The number of hydrogen-bond acceptors (Lipinski definition) is 6. The molecule has 206 valence electrons. The van der Waals surface area contributed by atoms with E-state index in [1.807, 2.05) is 0 Å². The summed E-state index contributed by atoms with van der Waals surface area (Å²) in [5.41, 5.74) is 0.541. The topological polar surface area (TPSA) is 91.8 Å². The zero-order chi connectivity index (χ0) is 28.3. The summed E-state index contributed by atoms with van der Waals surface area (Å²) in [4.78, 5) is 18.6. The standard InChI is InChI=1S/C29H30F3N4O3/c1-4-35(5-2)12-7-11-33-25-16-21(20-14-18(29(37)38)15-24(32)17(20)3)19-10-13-36(39)28(27(19)34-25)26-22(30)8-6-9-23(26)31/h6,8-10,13-16,28H,4-5,7,11-12H2,1-3H3,(H,33,34)(H,37,38)/q-1. The Bertz CT molecular complexity index is 1390. The molecule has 2 aromatic carbocycles. The first-order valence-corrected chi connectivity index (χ1v) is 12.8. The maximum atomic E-state index is 14.9. The number of nitrogens with one attached hydrogen (secondary N) is 1. The molecule has 0 saturated carbocycles. The molecule has 10 heteroatoms. The highest BCUT2D eigenvalue weighted by Gasteiger charge is 2.30. The van der Waals surface area contributed by atoms with Gasteiger partial charge in [0.1, 0.15) is 23.3 Å². The summed E-state index contributed by atoms with van der Waals surface area (Å²) in [6.07, 6.45) is 3.35. The van der Waals surface area contributed by atoms with Crippen molar-refractivity contribution in [3.63, 3.8) is 0 Å². The lowest BCUT2D eigenvalue weighted by Crippen LogP contribution is -2.27. The Morgan fingerprint density at radius 3 is 2.44 bits per heavy atom. The Morgan fingerprint density at radius 2 is 1.79 bits per heavy atom. The minimum atomic E-state index is -1.45. The summed E-state index contributed by atoms with van der Waals surface area (Å²) in [5.74, 6) is -3.52. The average molecular weight is 540 g/mol. The molecule has 0 saturated heterocycles. The molecule has 0 spiro atoms. The molecule has 0 radical (unpaired) electrons. The van der Waals surface area contributed by atoms with E-state index in [1.54, 1.807) is 6.07 Å². The Kier molecular flexibility index (Phi) is 8.57. The molecule has 0 aliphatic carbocycles. The lowest BCUT2D eigenvalue weighted by atomic mass is 9.88. The van der Waals surface area contributed by atoms with E-state index in [9.17, 15) is 28.3 Å². The molecule has 39 heavy (non-hydrogen) atoms. The number of carboxylic acids is 1. The van der Waals surface area contributed by atoms with Crippen LogP contribution >= 0.6 is 0 Å². The van der Waals surface area contributed by atoms with Crippen LogP contribution in [0.2, 0.25) is 0 Å². The van der Waals surface area contributed by atoms with Crippen LogP contribution in [-0.2, 0) is 0 Å². The van der Waals surface area contributed by atoms with Crippen molar-refractivity contribution in [2.45, 2.75) is 33.2 Å². The minimum Gasteiger partial charge on any atom is -0.758 e. The summed E-state index contributed by atoms with van der Waals surface area (Å²) in [7, 11) is 0. The summed E-state index contributed by atoms with van der Waals surface area (Å²) in [5, 5.41) is 26.2. The first-order chi connectivity index (χ1) is 18.7. The molecule has 1 atom stereocenters. The van der Waals surface area contributed by atoms with E-state index < -0.39 is 35.0 Å². The number of aromatic nitrogens is 1. The van der Waals surface area contributed by atoms with Crippen molar-refractivity contribution >= 4 is 17.9 Å². The van der Waals surface area contributed by atoms with Gasteiger partial charge in [0.15, 0.2) is 0 Å². The third-order valence-electron chi connectivity index (χ3n) is 7.00. The molecule has 0 fully saturated rings. The maximum Gasteiger partial charge on any atom is 0.335 e. The molecule has 1 aromatic heterocycles. The van der Waals surface area contributed by atoms with Crippen molar-refractivity contribution in [2.24, 2.45) is 0 Å². The number of carboxylic acid groups (broad SMARTS) is 1. The second kappa shape index (κ2) is 11.9. The molecule has 0 bridgehead atoms. The van der Waals surface area contributed by atoms with Crippen LogP contribution in [0, 0.1) is 29.6 Å². The van der Waals surface area contributed by atoms with Crippen LogP contribution in [0.1, 0.15) is 59.1 Å². The number of halogens is 3. The Balaban J connectivity index is 1.88. The summed E-state index contributed by atoms with van der Waals surface area (Å²) < 4.78 is 44.6. The fraction of sp³-hybridized carbons (Fsp3) is 0.310. The number of carbonyl (C=O) groups is 1. The number of anilines is 1. The number of pyridine rings is 1. The number of aromatic carboxylic acids is 1. The van der Waals surface area contributed by atoms with Crippen LogP contribution in [-0.4, -0.2) is 52.2 Å². The van der Waals surface area contributed by atoms with Gasteiger partial charge < -0.3 is 25.6 Å². The lowest BCUT2D eigenvalue weighted by molar-refractivity contribution is 0.0696. The normalized spacial score (nSPS) is 14.6. The third-order valence-corrected chi connectivity index (χ3v) is 7.00. The van der Waals surface area contributed by atoms with Gasteiger partial charge in [-0.25, -0.2) is 22.9 Å². The fourth-order valence-electron chi connectivity index (χ4n) is 4.80. The smallest absolute Gasteiger partial charge is 0.335 e. The van der Waals surface area contributed by atoms with Gasteiger partial charge in [-0.1, -0.05) is 19.9 Å². The molecular formula is C29H30F3N4O3-. The van der Waals surface area contributed by atoms with E-state index in [2.05, 4.69) is 29.0 Å². The van der Waals surface area contributed by atoms with Crippen LogP contribution < -0.4 is 5.32 Å². The fourth-order valence-corrected chi connectivity index (χ4v) is 4.80. The Hall–Kier alpha value is -3.89. The molecule has 4 rings (SSSR count). The molecule has 3 aromatic rings. The van der Waals surface area contributed by atoms with Gasteiger partial charge in [0.05, 0.1) is 22.9 Å². The SMILES string of the molecule is CCN(CC)CCCNc1cc(-c2cc(C(=O)O)cc(F)c2C)c2c(n1)C(c1c(F)cccc1F)N([O-])C=C2. The number of hydroxylamine groups is 2. The molecular weight excluding hydrogens is 509 g/mol. The lowest BCUT2D eigenvalue weighted by Gasteiger charge is -2.40. The number of benzene rings is 2. The molecule has 2 N–H and O–H groups in total. The van der Waals surface area contributed by atoms with E-state index >= 15 is 0 Å².